The summed E-state index contributed by atoms with van der Waals surface area (Å²) in [6.07, 6.45) is 56.8. The molecule has 3 N–H and O–H groups in total. The summed E-state index contributed by atoms with van der Waals surface area (Å²) in [5, 5.41) is 10.6. The van der Waals surface area contributed by atoms with E-state index in [9.17, 15) is 43.2 Å². The van der Waals surface area contributed by atoms with Crippen molar-refractivity contribution in [3.05, 3.63) is 0 Å². The van der Waals surface area contributed by atoms with Crippen LogP contribution in [-0.4, -0.2) is 96.7 Å². The largest absolute Gasteiger partial charge is 0.472 e. The van der Waals surface area contributed by atoms with Crippen LogP contribution in [0, 0.1) is 5.92 Å². The van der Waals surface area contributed by atoms with Crippen molar-refractivity contribution in [3.8, 4) is 0 Å². The van der Waals surface area contributed by atoms with E-state index in [-0.39, 0.29) is 25.7 Å². The number of ether oxygens (including phenoxy) is 4. The minimum absolute atomic E-state index is 0.108. The summed E-state index contributed by atoms with van der Waals surface area (Å²) in [5.41, 5.74) is 0. The molecule has 0 fully saturated rings. The molecule has 0 aromatic heterocycles. The topological polar surface area (TPSA) is 237 Å². The van der Waals surface area contributed by atoms with E-state index in [1.54, 1.807) is 0 Å². The Balaban J connectivity index is 5.22. The Hall–Kier alpha value is -1.94. The average Bonchev–Trinajstić information content (AvgIpc) is 1.29. The molecule has 0 spiro atoms. The van der Waals surface area contributed by atoms with Crippen LogP contribution in [0.25, 0.3) is 0 Å². The lowest BCUT2D eigenvalue weighted by atomic mass is 10.0. The van der Waals surface area contributed by atoms with Crippen molar-refractivity contribution in [1.29, 1.82) is 0 Å². The van der Waals surface area contributed by atoms with E-state index < -0.39 is 97.5 Å². The predicted molar refractivity (Wildman–Crippen MR) is 382 cm³/mol. The standard InChI is InChI=1S/C75H146O17P2/c1-6-9-12-15-18-21-23-25-27-31-35-39-44-49-54-59-73(78)86-65-71(92-75(80)61-56-51-46-41-37-33-29-30-34-38-42-47-52-57-68(4)5)67-90-94(83,84)88-63-69(76)62-87-93(81,82)89-66-70(64-85-72(77)58-53-48-43-20-17-14-11-8-3)91-74(79)60-55-50-45-40-36-32-28-26-24-22-19-16-13-10-7-2/h68-71,76H,6-67H2,1-5H3,(H,81,82)(H,83,84)/t69-,70+,71+/m0/s1. The third-order valence-corrected chi connectivity index (χ3v) is 19.4. The van der Waals surface area contributed by atoms with Crippen molar-refractivity contribution in [2.45, 2.75) is 412 Å². The number of rotatable bonds is 75. The molecule has 0 aromatic carbocycles. The Morgan fingerprint density at radius 2 is 0.489 bits per heavy atom. The van der Waals surface area contributed by atoms with Crippen LogP contribution in [0.3, 0.4) is 0 Å². The fraction of sp³-hybridized carbons (Fsp3) is 0.947. The molecule has 0 saturated carbocycles. The summed E-state index contributed by atoms with van der Waals surface area (Å²) in [4.78, 5) is 72.7. The number of aliphatic hydroxyl groups excluding tert-OH is 1. The van der Waals surface area contributed by atoms with Crippen molar-refractivity contribution < 1.29 is 80.2 Å². The Kier molecular flexibility index (Phi) is 66.8. The molecule has 0 radical (unpaired) electrons. The minimum atomic E-state index is -4.95. The molecule has 17 nitrogen and oxygen atoms in total. The zero-order chi connectivity index (χ0) is 69.1. The number of hydrogen-bond acceptors (Lipinski definition) is 15. The summed E-state index contributed by atoms with van der Waals surface area (Å²) in [5.74, 6) is -1.33. The SMILES string of the molecule is CCCCCCCCCCCCCCCCCC(=O)OC[C@H](COP(=O)(O)OC[C@@H](O)COP(=O)(O)OC[C@@H](COC(=O)CCCCCCCCCC)OC(=O)CCCCCCCCCCCCCCCCC)OC(=O)CCCCCCCCCCCCCCCC(C)C. The zero-order valence-electron chi connectivity index (χ0n) is 61.1. The average molecular weight is 1380 g/mol. The third kappa shape index (κ3) is 68.6. The quantitative estimate of drug-likeness (QED) is 0.0222. The van der Waals surface area contributed by atoms with Crippen molar-refractivity contribution in [2.75, 3.05) is 39.6 Å². The summed E-state index contributed by atoms with van der Waals surface area (Å²) < 4.78 is 68.5. The van der Waals surface area contributed by atoms with Crippen LogP contribution < -0.4 is 0 Å². The van der Waals surface area contributed by atoms with Crippen molar-refractivity contribution >= 4 is 39.5 Å². The molecule has 94 heavy (non-hydrogen) atoms. The van der Waals surface area contributed by atoms with Gasteiger partial charge < -0.3 is 33.8 Å². The highest BCUT2D eigenvalue weighted by Crippen LogP contribution is 2.45. The van der Waals surface area contributed by atoms with Gasteiger partial charge in [-0.05, 0) is 31.6 Å². The molecule has 5 atom stereocenters. The highest BCUT2D eigenvalue weighted by atomic mass is 31.2. The third-order valence-electron chi connectivity index (χ3n) is 17.5. The number of unbranched alkanes of at least 4 members (excludes halogenated alkanes) is 47. The first-order valence-electron chi connectivity index (χ1n) is 39.1. The molecule has 2 unspecified atom stereocenters. The number of carbonyl (C=O) groups excluding carboxylic acids is 4. The molecule has 0 aliphatic carbocycles. The maximum atomic E-state index is 13.1. The second-order valence-corrected chi connectivity index (χ2v) is 30.4. The van der Waals surface area contributed by atoms with Gasteiger partial charge in [0.1, 0.15) is 19.3 Å². The number of hydrogen-bond donors (Lipinski definition) is 3. The maximum Gasteiger partial charge on any atom is 0.472 e. The van der Waals surface area contributed by atoms with E-state index in [1.807, 2.05) is 0 Å². The molecule has 0 rings (SSSR count). The van der Waals surface area contributed by atoms with Gasteiger partial charge in [0.25, 0.3) is 0 Å². The molecule has 0 heterocycles. The number of esters is 4. The van der Waals surface area contributed by atoms with Gasteiger partial charge in [0, 0.05) is 25.7 Å². The van der Waals surface area contributed by atoms with Gasteiger partial charge in [0.05, 0.1) is 26.4 Å². The highest BCUT2D eigenvalue weighted by Gasteiger charge is 2.30. The van der Waals surface area contributed by atoms with Crippen LogP contribution in [0.4, 0.5) is 0 Å². The van der Waals surface area contributed by atoms with Crippen LogP contribution in [0.5, 0.6) is 0 Å². The van der Waals surface area contributed by atoms with Gasteiger partial charge in [-0.25, -0.2) is 9.13 Å². The van der Waals surface area contributed by atoms with Gasteiger partial charge in [-0.1, -0.05) is 343 Å². The lowest BCUT2D eigenvalue weighted by molar-refractivity contribution is -0.161. The summed E-state index contributed by atoms with van der Waals surface area (Å²) in [6, 6.07) is 0. The first-order valence-corrected chi connectivity index (χ1v) is 42.1. The number of phosphoric ester groups is 2. The molecule has 0 aliphatic rings. The number of phosphoric acid groups is 2. The molecule has 0 bridgehead atoms. The Bertz CT molecular complexity index is 1810. The number of aliphatic hydroxyl groups is 1. The van der Waals surface area contributed by atoms with Crippen LogP contribution in [0.2, 0.25) is 0 Å². The van der Waals surface area contributed by atoms with Gasteiger partial charge >= 0.3 is 39.5 Å². The van der Waals surface area contributed by atoms with Crippen LogP contribution in [0.1, 0.15) is 394 Å². The highest BCUT2D eigenvalue weighted by molar-refractivity contribution is 7.47. The van der Waals surface area contributed by atoms with E-state index in [2.05, 4.69) is 34.6 Å². The Morgan fingerprint density at radius 3 is 0.723 bits per heavy atom. The predicted octanol–water partition coefficient (Wildman–Crippen LogP) is 22.1. The van der Waals surface area contributed by atoms with Crippen LogP contribution in [0.15, 0.2) is 0 Å². The first-order chi connectivity index (χ1) is 45.5. The Labute approximate surface area is 575 Å². The Morgan fingerprint density at radius 1 is 0.287 bits per heavy atom. The maximum absolute atomic E-state index is 13.1. The normalized spacial score (nSPS) is 14.0. The lowest BCUT2D eigenvalue weighted by Crippen LogP contribution is -2.30. The monoisotopic (exact) mass is 1380 g/mol. The van der Waals surface area contributed by atoms with E-state index >= 15 is 0 Å². The van der Waals surface area contributed by atoms with Crippen LogP contribution in [-0.2, 0) is 65.4 Å². The smallest absolute Gasteiger partial charge is 0.462 e. The van der Waals surface area contributed by atoms with Crippen LogP contribution >= 0.6 is 15.6 Å². The van der Waals surface area contributed by atoms with Gasteiger partial charge in [0.2, 0.25) is 0 Å². The molecule has 0 aromatic rings. The van der Waals surface area contributed by atoms with Crippen molar-refractivity contribution in [3.63, 3.8) is 0 Å². The first kappa shape index (κ1) is 92.1. The molecule has 0 aliphatic heterocycles. The lowest BCUT2D eigenvalue weighted by Gasteiger charge is -2.21. The van der Waals surface area contributed by atoms with E-state index in [0.717, 1.165) is 102 Å². The second-order valence-electron chi connectivity index (χ2n) is 27.5. The fourth-order valence-corrected chi connectivity index (χ4v) is 13.1. The molecular weight excluding hydrogens is 1230 g/mol. The van der Waals surface area contributed by atoms with Gasteiger partial charge in [-0.15, -0.1) is 0 Å². The number of carbonyl (C=O) groups is 4. The van der Waals surface area contributed by atoms with Gasteiger partial charge in [-0.2, -0.15) is 0 Å². The molecule has 0 amide bonds. The van der Waals surface area contributed by atoms with Crippen molar-refractivity contribution in [2.24, 2.45) is 5.92 Å². The van der Waals surface area contributed by atoms with E-state index in [4.69, 9.17) is 37.0 Å². The summed E-state index contributed by atoms with van der Waals surface area (Å²) >= 11 is 0. The molecule has 19 heteroatoms. The molecule has 558 valence electrons. The summed E-state index contributed by atoms with van der Waals surface area (Å²) in [6.45, 7) is 7.29. The molecular formula is C75H146O17P2. The van der Waals surface area contributed by atoms with E-state index in [1.165, 1.54) is 212 Å². The molecule has 0 saturated heterocycles. The van der Waals surface area contributed by atoms with Crippen molar-refractivity contribution in [1.82, 2.24) is 0 Å². The fourth-order valence-electron chi connectivity index (χ4n) is 11.5. The minimum Gasteiger partial charge on any atom is -0.462 e. The van der Waals surface area contributed by atoms with Gasteiger partial charge in [0.15, 0.2) is 12.2 Å². The second kappa shape index (κ2) is 68.2. The van der Waals surface area contributed by atoms with Gasteiger partial charge in [-0.3, -0.25) is 37.3 Å². The van der Waals surface area contributed by atoms with E-state index in [0.29, 0.717) is 25.7 Å². The zero-order valence-corrected chi connectivity index (χ0v) is 62.9. The summed E-state index contributed by atoms with van der Waals surface area (Å²) in [7, 11) is -9.91.